The SMILES string of the molecule is C=C(C)c1ccc(Nc2s[nH]c(=O)c2NC(=O)NC)cc1. The van der Waals surface area contributed by atoms with Gasteiger partial charge in [0.1, 0.15) is 10.7 Å². The highest BCUT2D eigenvalue weighted by Crippen LogP contribution is 2.26. The summed E-state index contributed by atoms with van der Waals surface area (Å²) in [6.07, 6.45) is 0. The molecule has 1 aromatic heterocycles. The molecule has 2 aromatic rings. The summed E-state index contributed by atoms with van der Waals surface area (Å²) in [5.74, 6) is 0. The number of allylic oxidation sites excluding steroid dienone is 1. The number of H-pyrrole nitrogens is 1. The molecular formula is C14H16N4O2S. The van der Waals surface area contributed by atoms with Crippen molar-refractivity contribution < 1.29 is 4.79 Å². The first-order valence-electron chi connectivity index (χ1n) is 6.24. The Labute approximate surface area is 126 Å². The lowest BCUT2D eigenvalue weighted by Crippen LogP contribution is -2.27. The van der Waals surface area contributed by atoms with Gasteiger partial charge >= 0.3 is 6.03 Å². The van der Waals surface area contributed by atoms with Gasteiger partial charge in [0.15, 0.2) is 0 Å². The summed E-state index contributed by atoms with van der Waals surface area (Å²) >= 11 is 1.13. The molecule has 0 spiro atoms. The molecule has 0 aliphatic rings. The van der Waals surface area contributed by atoms with Gasteiger partial charge in [-0.05, 0) is 36.2 Å². The molecule has 0 aliphatic heterocycles. The van der Waals surface area contributed by atoms with Gasteiger partial charge in [-0.3, -0.25) is 9.17 Å². The Bertz CT molecular complexity index is 715. The van der Waals surface area contributed by atoms with Gasteiger partial charge in [-0.15, -0.1) is 0 Å². The molecule has 1 heterocycles. The van der Waals surface area contributed by atoms with Gasteiger partial charge in [0, 0.05) is 12.7 Å². The zero-order valence-corrected chi connectivity index (χ0v) is 12.6. The first kappa shape index (κ1) is 14.9. The molecule has 0 saturated heterocycles. The number of hydrogen-bond acceptors (Lipinski definition) is 4. The third-order valence-electron chi connectivity index (χ3n) is 2.80. The van der Waals surface area contributed by atoms with E-state index in [4.69, 9.17) is 0 Å². The third-order valence-corrected chi connectivity index (χ3v) is 3.60. The average molecular weight is 304 g/mol. The molecule has 4 N–H and O–H groups in total. The van der Waals surface area contributed by atoms with Crippen molar-refractivity contribution in [3.8, 4) is 0 Å². The van der Waals surface area contributed by atoms with Crippen LogP contribution in [0.5, 0.6) is 0 Å². The summed E-state index contributed by atoms with van der Waals surface area (Å²) in [4.78, 5) is 23.0. The maximum Gasteiger partial charge on any atom is 0.319 e. The molecular weight excluding hydrogens is 288 g/mol. The van der Waals surface area contributed by atoms with Gasteiger partial charge in [0.05, 0.1) is 0 Å². The number of amides is 2. The molecule has 0 fully saturated rings. The number of nitrogens with one attached hydrogen (secondary N) is 4. The van der Waals surface area contributed by atoms with E-state index in [9.17, 15) is 9.59 Å². The normalized spacial score (nSPS) is 10.0. The number of carbonyl (C=O) groups excluding carboxylic acids is 1. The molecule has 0 atom stereocenters. The van der Waals surface area contributed by atoms with Crippen LogP contribution in [0.2, 0.25) is 0 Å². The predicted octanol–water partition coefficient (Wildman–Crippen LogP) is 2.96. The Kier molecular flexibility index (Phi) is 4.44. The minimum atomic E-state index is -0.445. The summed E-state index contributed by atoms with van der Waals surface area (Å²) in [5, 5.41) is 8.56. The van der Waals surface area contributed by atoms with Crippen LogP contribution in [0.25, 0.3) is 5.57 Å². The van der Waals surface area contributed by atoms with E-state index in [-0.39, 0.29) is 11.2 Å². The standard InChI is InChI=1S/C14H16N4O2S/c1-8(2)9-4-6-10(7-5-9)16-13-11(12(19)18-21-13)17-14(20)15-3/h4-7,16H,1H2,2-3H3,(H,18,19)(H2,15,17,20). The van der Waals surface area contributed by atoms with Crippen LogP contribution < -0.4 is 21.5 Å². The van der Waals surface area contributed by atoms with Crippen LogP contribution in [0.1, 0.15) is 12.5 Å². The van der Waals surface area contributed by atoms with Crippen molar-refractivity contribution in [3.05, 3.63) is 46.8 Å². The summed E-state index contributed by atoms with van der Waals surface area (Å²) < 4.78 is 2.58. The Morgan fingerprint density at radius 2 is 1.95 bits per heavy atom. The van der Waals surface area contributed by atoms with Crippen molar-refractivity contribution in [2.24, 2.45) is 0 Å². The quantitative estimate of drug-likeness (QED) is 0.700. The smallest absolute Gasteiger partial charge is 0.319 e. The van der Waals surface area contributed by atoms with Crippen molar-refractivity contribution in [1.29, 1.82) is 0 Å². The van der Waals surface area contributed by atoms with Gasteiger partial charge in [0.25, 0.3) is 5.56 Å². The van der Waals surface area contributed by atoms with Crippen molar-refractivity contribution in [2.75, 3.05) is 17.7 Å². The van der Waals surface area contributed by atoms with Gasteiger partial charge in [-0.2, -0.15) is 0 Å². The summed E-state index contributed by atoms with van der Waals surface area (Å²) in [7, 11) is 1.49. The van der Waals surface area contributed by atoms with E-state index in [0.29, 0.717) is 5.00 Å². The summed E-state index contributed by atoms with van der Waals surface area (Å²) in [6.45, 7) is 5.82. The van der Waals surface area contributed by atoms with Crippen LogP contribution in [-0.4, -0.2) is 17.5 Å². The lowest BCUT2D eigenvalue weighted by Gasteiger charge is -2.08. The molecule has 6 nitrogen and oxygen atoms in total. The fraction of sp³-hybridized carbons (Fsp3) is 0.143. The largest absolute Gasteiger partial charge is 0.344 e. The van der Waals surface area contributed by atoms with Gasteiger partial charge in [-0.25, -0.2) is 4.79 Å². The minimum absolute atomic E-state index is 0.198. The number of carbonyl (C=O) groups is 1. The van der Waals surface area contributed by atoms with Crippen molar-refractivity contribution in [2.45, 2.75) is 6.92 Å². The predicted molar refractivity (Wildman–Crippen MR) is 87.5 cm³/mol. The zero-order valence-electron chi connectivity index (χ0n) is 11.7. The molecule has 0 aliphatic carbocycles. The second-order valence-electron chi connectivity index (χ2n) is 4.42. The molecule has 2 rings (SSSR count). The molecule has 0 unspecified atom stereocenters. The second-order valence-corrected chi connectivity index (χ2v) is 5.24. The zero-order chi connectivity index (χ0) is 15.4. The number of hydrogen-bond donors (Lipinski definition) is 4. The molecule has 1 aromatic carbocycles. The Balaban J connectivity index is 2.21. The highest BCUT2D eigenvalue weighted by Gasteiger charge is 2.13. The highest BCUT2D eigenvalue weighted by molar-refractivity contribution is 7.11. The Hall–Kier alpha value is -2.54. The van der Waals surface area contributed by atoms with Crippen LogP contribution in [0.4, 0.5) is 21.2 Å². The lowest BCUT2D eigenvalue weighted by atomic mass is 10.1. The van der Waals surface area contributed by atoms with Crippen LogP contribution in [0, 0.1) is 0 Å². The van der Waals surface area contributed by atoms with Gasteiger partial charge < -0.3 is 16.0 Å². The fourth-order valence-corrected chi connectivity index (χ4v) is 2.36. The maximum atomic E-state index is 11.7. The molecule has 0 saturated carbocycles. The van der Waals surface area contributed by atoms with Crippen molar-refractivity contribution in [1.82, 2.24) is 9.69 Å². The fourth-order valence-electron chi connectivity index (χ4n) is 1.65. The number of benzene rings is 1. The van der Waals surface area contributed by atoms with Crippen molar-refractivity contribution >= 4 is 39.5 Å². The second kappa shape index (κ2) is 6.27. The molecule has 0 bridgehead atoms. The molecule has 110 valence electrons. The molecule has 21 heavy (non-hydrogen) atoms. The van der Waals surface area contributed by atoms with Gasteiger partial charge in [-0.1, -0.05) is 24.3 Å². The van der Waals surface area contributed by atoms with Crippen LogP contribution >= 0.6 is 11.5 Å². The number of anilines is 3. The minimum Gasteiger partial charge on any atom is -0.344 e. The Morgan fingerprint density at radius 1 is 1.29 bits per heavy atom. The van der Waals surface area contributed by atoms with E-state index >= 15 is 0 Å². The number of urea groups is 1. The summed E-state index contributed by atoms with van der Waals surface area (Å²) in [5.41, 5.74) is 2.70. The van der Waals surface area contributed by atoms with Crippen molar-refractivity contribution in [3.63, 3.8) is 0 Å². The van der Waals surface area contributed by atoms with E-state index in [1.807, 2.05) is 31.2 Å². The summed E-state index contributed by atoms with van der Waals surface area (Å²) in [6, 6.07) is 7.20. The van der Waals surface area contributed by atoms with E-state index < -0.39 is 6.03 Å². The molecule has 2 amide bonds. The number of rotatable bonds is 4. The first-order chi connectivity index (χ1) is 10.0. The topological polar surface area (TPSA) is 86.0 Å². The monoisotopic (exact) mass is 304 g/mol. The molecule has 0 radical (unpaired) electrons. The van der Waals surface area contributed by atoms with Crippen LogP contribution in [0.15, 0.2) is 35.6 Å². The van der Waals surface area contributed by atoms with E-state index in [2.05, 4.69) is 26.9 Å². The van der Waals surface area contributed by atoms with E-state index in [0.717, 1.165) is 28.4 Å². The maximum absolute atomic E-state index is 11.7. The van der Waals surface area contributed by atoms with E-state index in [1.54, 1.807) is 0 Å². The average Bonchev–Trinajstić information content (AvgIpc) is 2.80. The van der Waals surface area contributed by atoms with Crippen LogP contribution in [-0.2, 0) is 0 Å². The third kappa shape index (κ3) is 3.51. The molecule has 7 heteroatoms. The highest BCUT2D eigenvalue weighted by atomic mass is 32.1. The lowest BCUT2D eigenvalue weighted by molar-refractivity contribution is 0.254. The van der Waals surface area contributed by atoms with Crippen LogP contribution in [0.3, 0.4) is 0 Å². The Morgan fingerprint density at radius 3 is 2.52 bits per heavy atom. The number of aromatic nitrogens is 1. The van der Waals surface area contributed by atoms with Gasteiger partial charge in [0.2, 0.25) is 0 Å². The first-order valence-corrected chi connectivity index (χ1v) is 7.06. The number of aromatic amines is 1. The van der Waals surface area contributed by atoms with E-state index in [1.165, 1.54) is 7.05 Å².